The molecule has 0 aliphatic carbocycles. The average Bonchev–Trinajstić information content (AvgIpc) is 2.37. The first-order chi connectivity index (χ1) is 8.52. The van der Waals surface area contributed by atoms with Crippen LogP contribution in [0.15, 0.2) is 24.3 Å². The maximum absolute atomic E-state index is 10.5. The summed E-state index contributed by atoms with van der Waals surface area (Å²) in [4.78, 5) is 10.2. The highest BCUT2D eigenvalue weighted by molar-refractivity contribution is 6.18. The van der Waals surface area contributed by atoms with Crippen molar-refractivity contribution >= 4 is 17.3 Å². The van der Waals surface area contributed by atoms with Crippen LogP contribution >= 0.6 is 11.6 Å². The van der Waals surface area contributed by atoms with Gasteiger partial charge in [-0.3, -0.25) is 10.1 Å². The lowest BCUT2D eigenvalue weighted by atomic mass is 10.1. The van der Waals surface area contributed by atoms with Crippen LogP contribution in [0.25, 0.3) is 0 Å². The topological polar surface area (TPSA) is 75.4 Å². The van der Waals surface area contributed by atoms with Crippen LogP contribution in [0.3, 0.4) is 0 Å². The Morgan fingerprint density at radius 1 is 1.44 bits per heavy atom. The Balaban J connectivity index is 2.49. The highest BCUT2D eigenvalue weighted by atomic mass is 35.5. The first-order valence-electron chi connectivity index (χ1n) is 5.73. The summed E-state index contributed by atoms with van der Waals surface area (Å²) in [5, 5.41) is 22.8. The van der Waals surface area contributed by atoms with Crippen LogP contribution in [0.5, 0.6) is 0 Å². The maximum atomic E-state index is 10.5. The van der Waals surface area contributed by atoms with Gasteiger partial charge in [-0.15, -0.1) is 11.6 Å². The second kappa shape index (κ2) is 7.18. The van der Waals surface area contributed by atoms with Crippen LogP contribution < -0.4 is 5.32 Å². The fraction of sp³-hybridized carbons (Fsp3) is 0.500. The van der Waals surface area contributed by atoms with Crippen LogP contribution in [-0.4, -0.2) is 34.6 Å². The van der Waals surface area contributed by atoms with Gasteiger partial charge < -0.3 is 10.4 Å². The predicted octanol–water partition coefficient (Wildman–Crippen LogP) is 1.91. The van der Waals surface area contributed by atoms with Gasteiger partial charge in [-0.05, 0) is 17.7 Å². The zero-order chi connectivity index (χ0) is 13.5. The lowest BCUT2D eigenvalue weighted by Gasteiger charge is -2.10. The number of aliphatic hydroxyl groups is 1. The molecule has 100 valence electrons. The van der Waals surface area contributed by atoms with Crippen molar-refractivity contribution in [1.29, 1.82) is 0 Å². The number of anilines is 1. The van der Waals surface area contributed by atoms with E-state index < -0.39 is 12.1 Å². The first kappa shape index (κ1) is 14.7. The molecule has 0 heterocycles. The minimum atomic E-state index is -0.583. The molecule has 1 aromatic rings. The number of rotatable bonds is 7. The van der Waals surface area contributed by atoms with Crippen molar-refractivity contribution in [2.24, 2.45) is 0 Å². The van der Waals surface area contributed by atoms with Crippen LogP contribution in [0.1, 0.15) is 12.5 Å². The van der Waals surface area contributed by atoms with E-state index in [1.807, 2.05) is 24.3 Å². The Morgan fingerprint density at radius 3 is 2.56 bits per heavy atom. The SMILES string of the molecule is CC(Cc1ccc(NCC(O)CCl)cc1)[N+](=O)[O-]. The van der Waals surface area contributed by atoms with E-state index >= 15 is 0 Å². The molecule has 2 atom stereocenters. The van der Waals surface area contributed by atoms with Gasteiger partial charge in [-0.25, -0.2) is 0 Å². The number of nitrogens with zero attached hydrogens (tertiary/aromatic N) is 1. The van der Waals surface area contributed by atoms with Crippen LogP contribution in [0, 0.1) is 10.1 Å². The monoisotopic (exact) mass is 272 g/mol. The van der Waals surface area contributed by atoms with E-state index in [0.29, 0.717) is 13.0 Å². The molecule has 0 aliphatic heterocycles. The van der Waals surface area contributed by atoms with Gasteiger partial charge >= 0.3 is 0 Å². The molecule has 2 N–H and O–H groups in total. The van der Waals surface area contributed by atoms with Crippen molar-refractivity contribution in [3.63, 3.8) is 0 Å². The van der Waals surface area contributed by atoms with Crippen LogP contribution in [0.4, 0.5) is 5.69 Å². The average molecular weight is 273 g/mol. The summed E-state index contributed by atoms with van der Waals surface area (Å²) >= 11 is 5.48. The van der Waals surface area contributed by atoms with Gasteiger partial charge in [0.1, 0.15) is 0 Å². The molecule has 0 aromatic heterocycles. The molecule has 18 heavy (non-hydrogen) atoms. The van der Waals surface area contributed by atoms with Gasteiger partial charge in [0.15, 0.2) is 0 Å². The van der Waals surface area contributed by atoms with E-state index in [-0.39, 0.29) is 10.8 Å². The van der Waals surface area contributed by atoms with Crippen molar-refractivity contribution in [3.8, 4) is 0 Å². The van der Waals surface area contributed by atoms with E-state index in [0.717, 1.165) is 11.3 Å². The maximum Gasteiger partial charge on any atom is 0.214 e. The van der Waals surface area contributed by atoms with Crippen molar-refractivity contribution in [1.82, 2.24) is 0 Å². The molecular formula is C12H17ClN2O3. The second-order valence-electron chi connectivity index (χ2n) is 4.22. The molecule has 1 aromatic carbocycles. The number of halogens is 1. The Bertz CT molecular complexity index is 383. The van der Waals surface area contributed by atoms with Gasteiger partial charge in [-0.1, -0.05) is 12.1 Å². The Kier molecular flexibility index (Phi) is 5.88. The van der Waals surface area contributed by atoms with E-state index in [9.17, 15) is 15.2 Å². The van der Waals surface area contributed by atoms with E-state index in [1.165, 1.54) is 0 Å². The fourth-order valence-corrected chi connectivity index (χ4v) is 1.57. The van der Waals surface area contributed by atoms with Crippen LogP contribution in [-0.2, 0) is 6.42 Å². The number of alkyl halides is 1. The predicted molar refractivity (Wildman–Crippen MR) is 71.8 cm³/mol. The number of benzene rings is 1. The molecule has 0 saturated heterocycles. The van der Waals surface area contributed by atoms with Gasteiger partial charge in [-0.2, -0.15) is 0 Å². The van der Waals surface area contributed by atoms with Crippen LogP contribution in [0.2, 0.25) is 0 Å². The molecule has 0 aliphatic rings. The lowest BCUT2D eigenvalue weighted by molar-refractivity contribution is -0.517. The summed E-state index contributed by atoms with van der Waals surface area (Å²) < 4.78 is 0. The smallest absolute Gasteiger partial charge is 0.214 e. The molecule has 0 spiro atoms. The molecule has 0 fully saturated rings. The quantitative estimate of drug-likeness (QED) is 0.452. The minimum Gasteiger partial charge on any atom is -0.390 e. The van der Waals surface area contributed by atoms with Gasteiger partial charge in [0, 0.05) is 30.5 Å². The van der Waals surface area contributed by atoms with Crippen molar-refractivity contribution in [2.45, 2.75) is 25.5 Å². The zero-order valence-corrected chi connectivity index (χ0v) is 10.9. The van der Waals surface area contributed by atoms with Gasteiger partial charge in [0.05, 0.1) is 12.0 Å². The molecular weight excluding hydrogens is 256 g/mol. The van der Waals surface area contributed by atoms with E-state index in [2.05, 4.69) is 5.32 Å². The van der Waals surface area contributed by atoms with Gasteiger partial charge in [0.2, 0.25) is 6.04 Å². The number of nitro groups is 1. The Hall–Kier alpha value is -1.33. The second-order valence-corrected chi connectivity index (χ2v) is 4.53. The summed E-state index contributed by atoms with van der Waals surface area (Å²) in [6.45, 7) is 1.97. The van der Waals surface area contributed by atoms with E-state index in [1.54, 1.807) is 6.92 Å². The molecule has 0 amide bonds. The molecule has 0 saturated carbocycles. The Morgan fingerprint density at radius 2 is 2.06 bits per heavy atom. The number of hydrogen-bond acceptors (Lipinski definition) is 4. The standard InChI is InChI=1S/C12H17ClN2O3/c1-9(15(17)18)6-10-2-4-11(5-3-10)14-8-12(16)7-13/h2-5,9,12,14,16H,6-8H2,1H3. The lowest BCUT2D eigenvalue weighted by Crippen LogP contribution is -2.20. The molecule has 2 unspecified atom stereocenters. The normalized spacial score (nSPS) is 13.9. The van der Waals surface area contributed by atoms with Crippen molar-refractivity contribution < 1.29 is 10.0 Å². The molecule has 5 nitrogen and oxygen atoms in total. The molecule has 1 rings (SSSR count). The summed E-state index contributed by atoms with van der Waals surface area (Å²) in [5.41, 5.74) is 1.78. The van der Waals surface area contributed by atoms with Crippen molar-refractivity contribution in [3.05, 3.63) is 39.9 Å². The Labute approximate surface area is 111 Å². The number of nitrogens with one attached hydrogen (secondary N) is 1. The molecule has 6 heteroatoms. The highest BCUT2D eigenvalue weighted by Crippen LogP contribution is 2.12. The molecule has 0 bridgehead atoms. The third-order valence-electron chi connectivity index (χ3n) is 2.56. The highest BCUT2D eigenvalue weighted by Gasteiger charge is 2.13. The third kappa shape index (κ3) is 4.89. The summed E-state index contributed by atoms with van der Waals surface area (Å²) in [5.74, 6) is 0.186. The van der Waals surface area contributed by atoms with Gasteiger partial charge in [0.25, 0.3) is 0 Å². The van der Waals surface area contributed by atoms with E-state index in [4.69, 9.17) is 11.6 Å². The summed E-state index contributed by atoms with van der Waals surface area (Å²) in [6.07, 6.45) is -0.168. The largest absolute Gasteiger partial charge is 0.390 e. The zero-order valence-electron chi connectivity index (χ0n) is 10.2. The summed E-state index contributed by atoms with van der Waals surface area (Å²) in [6, 6.07) is 6.78. The third-order valence-corrected chi connectivity index (χ3v) is 2.92. The first-order valence-corrected chi connectivity index (χ1v) is 6.26. The number of aliphatic hydroxyl groups excluding tert-OH is 1. The summed E-state index contributed by atoms with van der Waals surface area (Å²) in [7, 11) is 0. The number of hydrogen-bond donors (Lipinski definition) is 2. The fourth-order valence-electron chi connectivity index (χ4n) is 1.46. The minimum absolute atomic E-state index is 0.186. The van der Waals surface area contributed by atoms with Crippen molar-refractivity contribution in [2.75, 3.05) is 17.7 Å². The molecule has 0 radical (unpaired) electrons.